The summed E-state index contributed by atoms with van der Waals surface area (Å²) in [4.78, 5) is 19.0. The minimum absolute atomic E-state index is 0.202. The highest BCUT2D eigenvalue weighted by Crippen LogP contribution is 2.36. The smallest absolute Gasteiger partial charge is 0.280 e. The Bertz CT molecular complexity index is 1060. The molecule has 0 saturated heterocycles. The summed E-state index contributed by atoms with van der Waals surface area (Å²) in [5, 5.41) is 1.62. The fraction of sp³-hybridized carbons (Fsp3) is 0. The fourth-order valence-electron chi connectivity index (χ4n) is 2.65. The number of amides is 1. The lowest BCUT2D eigenvalue weighted by Gasteiger charge is -2.10. The Hall–Kier alpha value is -3.72. The van der Waals surface area contributed by atoms with E-state index in [1.165, 1.54) is 12.1 Å². The average Bonchev–Trinajstić information content (AvgIpc) is 2.60. The molecule has 3 rings (SSSR count). The summed E-state index contributed by atoms with van der Waals surface area (Å²) >= 11 is 0. The molecule has 6 heteroatoms. The summed E-state index contributed by atoms with van der Waals surface area (Å²) in [7, 11) is 0. The van der Waals surface area contributed by atoms with Crippen molar-refractivity contribution < 1.29 is 9.18 Å². The number of carbonyl (C=O) groups excluding carboxylic acids is 1. The van der Waals surface area contributed by atoms with E-state index in [2.05, 4.69) is 9.84 Å². The number of rotatable bonds is 2. The van der Waals surface area contributed by atoms with Crippen molar-refractivity contribution >= 4 is 28.3 Å². The highest BCUT2D eigenvalue weighted by molar-refractivity contribution is 6.07. The molecule has 5 nitrogen and oxygen atoms in total. The van der Waals surface area contributed by atoms with Gasteiger partial charge in [-0.25, -0.2) is 9.24 Å². The van der Waals surface area contributed by atoms with Gasteiger partial charge in [-0.2, -0.15) is 4.99 Å². The van der Waals surface area contributed by atoms with Gasteiger partial charge in [0.25, 0.3) is 5.91 Å². The van der Waals surface area contributed by atoms with Crippen molar-refractivity contribution in [1.29, 1.82) is 0 Å². The van der Waals surface area contributed by atoms with E-state index in [1.54, 1.807) is 24.3 Å². The summed E-state index contributed by atoms with van der Waals surface area (Å²) in [6.45, 7) is 7.28. The molecule has 0 radical (unpaired) electrons. The molecule has 4 N–H and O–H groups in total. The Morgan fingerprint density at radius 1 is 1.04 bits per heavy atom. The lowest BCUT2D eigenvalue weighted by Crippen LogP contribution is -2.24. The van der Waals surface area contributed by atoms with Crippen LogP contribution in [0.5, 0.6) is 0 Å². The van der Waals surface area contributed by atoms with E-state index < -0.39 is 11.7 Å². The van der Waals surface area contributed by atoms with E-state index in [1.807, 2.05) is 18.2 Å². The highest BCUT2D eigenvalue weighted by Gasteiger charge is 2.12. The molecule has 0 aliphatic heterocycles. The molecule has 0 aromatic heterocycles. The first-order chi connectivity index (χ1) is 12.0. The van der Waals surface area contributed by atoms with Crippen LogP contribution < -0.4 is 11.5 Å². The molecule has 0 aliphatic carbocycles. The molecule has 0 bridgehead atoms. The van der Waals surface area contributed by atoms with E-state index in [9.17, 15) is 9.18 Å². The quantitative estimate of drug-likeness (QED) is 0.427. The second kappa shape index (κ2) is 6.42. The van der Waals surface area contributed by atoms with Gasteiger partial charge in [-0.05, 0) is 46.2 Å². The summed E-state index contributed by atoms with van der Waals surface area (Å²) in [6.07, 6.45) is 0. The van der Waals surface area contributed by atoms with Crippen molar-refractivity contribution in [2.75, 3.05) is 0 Å². The first-order valence-electron chi connectivity index (χ1n) is 7.33. The number of guanidine groups is 1. The Morgan fingerprint density at radius 3 is 2.56 bits per heavy atom. The van der Waals surface area contributed by atoms with Crippen LogP contribution in [0.15, 0.2) is 59.6 Å². The molecule has 25 heavy (non-hydrogen) atoms. The average molecular weight is 332 g/mol. The van der Waals surface area contributed by atoms with E-state index >= 15 is 0 Å². The lowest BCUT2D eigenvalue weighted by atomic mass is 9.95. The van der Waals surface area contributed by atoms with Gasteiger partial charge in [-0.15, -0.1) is 0 Å². The fourth-order valence-corrected chi connectivity index (χ4v) is 2.65. The van der Waals surface area contributed by atoms with Crippen molar-refractivity contribution in [3.63, 3.8) is 0 Å². The standard InChI is InChI=1S/C19H13FN4O/c1-23-17-10-13(20)7-8-15(17)14-4-2-3-11-5-6-12(9-16(11)14)18(25)24-19(21)22/h2-10H,(H4,21,22,24,25). The molecule has 0 atom stereocenters. The molecule has 0 unspecified atom stereocenters. The number of nitrogens with zero attached hydrogens (tertiary/aromatic N) is 2. The van der Waals surface area contributed by atoms with E-state index in [0.717, 1.165) is 16.3 Å². The summed E-state index contributed by atoms with van der Waals surface area (Å²) in [5.41, 5.74) is 12.3. The third-order valence-electron chi connectivity index (χ3n) is 3.73. The van der Waals surface area contributed by atoms with Gasteiger partial charge in [-0.1, -0.05) is 30.3 Å². The van der Waals surface area contributed by atoms with Gasteiger partial charge in [0.05, 0.1) is 6.57 Å². The number of fused-ring (bicyclic) bond motifs is 1. The third-order valence-corrected chi connectivity index (χ3v) is 3.73. The van der Waals surface area contributed by atoms with Gasteiger partial charge in [0.2, 0.25) is 0 Å². The maximum atomic E-state index is 13.4. The first kappa shape index (κ1) is 16.1. The number of nitrogens with two attached hydrogens (primary N) is 2. The van der Waals surface area contributed by atoms with E-state index in [0.29, 0.717) is 11.1 Å². The van der Waals surface area contributed by atoms with Crippen molar-refractivity contribution in [2.24, 2.45) is 16.5 Å². The second-order valence-corrected chi connectivity index (χ2v) is 5.36. The Kier molecular flexibility index (Phi) is 4.14. The molecule has 3 aromatic rings. The minimum Gasteiger partial charge on any atom is -0.370 e. The first-order valence-corrected chi connectivity index (χ1v) is 7.33. The van der Waals surface area contributed by atoms with Gasteiger partial charge in [0.15, 0.2) is 11.6 Å². The normalized spacial score (nSPS) is 10.2. The number of hydrogen-bond donors (Lipinski definition) is 2. The third kappa shape index (κ3) is 3.16. The van der Waals surface area contributed by atoms with Crippen LogP contribution in [0.2, 0.25) is 0 Å². The molecule has 0 saturated carbocycles. The largest absolute Gasteiger partial charge is 0.370 e. The predicted octanol–water partition coefficient (Wildman–Crippen LogP) is 3.61. The summed E-state index contributed by atoms with van der Waals surface area (Å²) in [6, 6.07) is 14.7. The van der Waals surface area contributed by atoms with Crippen LogP contribution in [0, 0.1) is 12.4 Å². The van der Waals surface area contributed by atoms with E-state index in [4.69, 9.17) is 18.0 Å². The van der Waals surface area contributed by atoms with Crippen LogP contribution in [-0.2, 0) is 0 Å². The number of benzene rings is 3. The zero-order valence-corrected chi connectivity index (χ0v) is 13.0. The minimum atomic E-state index is -0.554. The Balaban J connectivity index is 2.25. The predicted molar refractivity (Wildman–Crippen MR) is 95.7 cm³/mol. The van der Waals surface area contributed by atoms with Crippen molar-refractivity contribution in [2.45, 2.75) is 0 Å². The number of carbonyl (C=O) groups is 1. The molecule has 0 aliphatic rings. The van der Waals surface area contributed by atoms with E-state index in [-0.39, 0.29) is 11.6 Å². The summed E-state index contributed by atoms with van der Waals surface area (Å²) < 4.78 is 13.4. The van der Waals surface area contributed by atoms with Crippen molar-refractivity contribution in [1.82, 2.24) is 0 Å². The van der Waals surface area contributed by atoms with Gasteiger partial charge >= 0.3 is 0 Å². The van der Waals surface area contributed by atoms with Gasteiger partial charge in [0.1, 0.15) is 5.82 Å². The SMILES string of the molecule is [C-]#[N+]c1cc(F)ccc1-c1cccc2ccc(C(=O)N=C(N)N)cc12. The Labute approximate surface area is 143 Å². The molecular formula is C19H13FN4O. The number of aliphatic imine (C=N–C) groups is 1. The van der Waals surface area contributed by atoms with Crippen LogP contribution in [-0.4, -0.2) is 11.9 Å². The van der Waals surface area contributed by atoms with Crippen LogP contribution >= 0.6 is 0 Å². The molecule has 0 fully saturated rings. The topological polar surface area (TPSA) is 85.8 Å². The van der Waals surface area contributed by atoms with Gasteiger partial charge in [0, 0.05) is 5.56 Å². The molecular weight excluding hydrogens is 319 g/mol. The van der Waals surface area contributed by atoms with Gasteiger partial charge < -0.3 is 11.5 Å². The molecule has 122 valence electrons. The zero-order chi connectivity index (χ0) is 18.0. The summed E-state index contributed by atoms with van der Waals surface area (Å²) in [5.74, 6) is -1.34. The van der Waals surface area contributed by atoms with Crippen molar-refractivity contribution in [3.05, 3.63) is 77.4 Å². The maximum absolute atomic E-state index is 13.4. The highest BCUT2D eigenvalue weighted by atomic mass is 19.1. The second-order valence-electron chi connectivity index (χ2n) is 5.36. The van der Waals surface area contributed by atoms with Gasteiger partial charge in [-0.3, -0.25) is 4.79 Å². The Morgan fingerprint density at radius 2 is 1.84 bits per heavy atom. The lowest BCUT2D eigenvalue weighted by molar-refractivity contribution is 0.100. The molecule has 1 amide bonds. The van der Waals surface area contributed by atoms with Crippen LogP contribution in [0.25, 0.3) is 26.7 Å². The monoisotopic (exact) mass is 332 g/mol. The molecule has 0 heterocycles. The number of hydrogen-bond acceptors (Lipinski definition) is 1. The molecule has 0 spiro atoms. The number of halogens is 1. The molecule has 3 aromatic carbocycles. The van der Waals surface area contributed by atoms with Crippen LogP contribution in [0.3, 0.4) is 0 Å². The van der Waals surface area contributed by atoms with Crippen LogP contribution in [0.4, 0.5) is 10.1 Å². The van der Waals surface area contributed by atoms with Crippen LogP contribution in [0.1, 0.15) is 10.4 Å². The van der Waals surface area contributed by atoms with Crippen molar-refractivity contribution in [3.8, 4) is 11.1 Å². The maximum Gasteiger partial charge on any atom is 0.280 e. The zero-order valence-electron chi connectivity index (χ0n) is 13.0.